The van der Waals surface area contributed by atoms with Crippen LogP contribution < -0.4 is 9.47 Å². The van der Waals surface area contributed by atoms with E-state index in [4.69, 9.17) is 26.1 Å². The van der Waals surface area contributed by atoms with E-state index in [2.05, 4.69) is 22.8 Å². The van der Waals surface area contributed by atoms with Crippen LogP contribution in [0.5, 0.6) is 11.5 Å². The van der Waals surface area contributed by atoms with Crippen LogP contribution in [0, 0.1) is 0 Å². The summed E-state index contributed by atoms with van der Waals surface area (Å²) >= 11 is 5.92. The molecule has 0 amide bonds. The smallest absolute Gasteiger partial charge is 0.133 e. The third kappa shape index (κ3) is 4.84. The number of hydrogen-bond acceptors (Lipinski definition) is 3. The lowest BCUT2D eigenvalue weighted by molar-refractivity contribution is 0.302. The fourth-order valence-electron chi connectivity index (χ4n) is 3.29. The number of nitrogens with zero attached hydrogens (tertiary/aromatic N) is 2. The van der Waals surface area contributed by atoms with Crippen LogP contribution >= 0.6 is 11.6 Å². The second-order valence-corrected chi connectivity index (χ2v) is 7.31. The summed E-state index contributed by atoms with van der Waals surface area (Å²) in [6, 6.07) is 23.6. The number of fused-ring (bicyclic) bond motifs is 1. The van der Waals surface area contributed by atoms with Gasteiger partial charge in [0.05, 0.1) is 24.8 Å². The molecule has 4 nitrogen and oxygen atoms in total. The van der Waals surface area contributed by atoms with E-state index < -0.39 is 0 Å². The van der Waals surface area contributed by atoms with Gasteiger partial charge in [-0.3, -0.25) is 0 Å². The highest BCUT2D eigenvalue weighted by Gasteiger charge is 2.08. The van der Waals surface area contributed by atoms with E-state index in [1.165, 1.54) is 0 Å². The first-order valence-corrected chi connectivity index (χ1v) is 10.3. The van der Waals surface area contributed by atoms with E-state index in [0.717, 1.165) is 46.9 Å². The average Bonchev–Trinajstić information content (AvgIpc) is 3.14. The zero-order valence-corrected chi connectivity index (χ0v) is 17.5. The molecule has 0 aliphatic heterocycles. The van der Waals surface area contributed by atoms with Gasteiger partial charge in [0, 0.05) is 11.6 Å². The van der Waals surface area contributed by atoms with Gasteiger partial charge >= 0.3 is 0 Å². The van der Waals surface area contributed by atoms with Gasteiger partial charge in [0.2, 0.25) is 0 Å². The summed E-state index contributed by atoms with van der Waals surface area (Å²) in [5, 5.41) is 0.709. The monoisotopic (exact) mass is 418 g/mol. The minimum absolute atomic E-state index is 0.621. The molecule has 5 heteroatoms. The van der Waals surface area contributed by atoms with Gasteiger partial charge < -0.3 is 14.0 Å². The first-order chi connectivity index (χ1) is 14.7. The number of para-hydroxylation sites is 2. The Balaban J connectivity index is 1.48. The molecule has 0 unspecified atom stereocenters. The summed E-state index contributed by atoms with van der Waals surface area (Å²) in [5.74, 6) is 2.60. The van der Waals surface area contributed by atoms with Crippen LogP contribution in [0.2, 0.25) is 5.02 Å². The molecule has 152 valence electrons. The molecule has 0 radical (unpaired) electrons. The topological polar surface area (TPSA) is 36.3 Å². The summed E-state index contributed by atoms with van der Waals surface area (Å²) in [5.41, 5.74) is 3.21. The Labute approximate surface area is 181 Å². The Hall–Kier alpha value is -3.24. The molecular weight excluding hydrogens is 396 g/mol. The Morgan fingerprint density at radius 2 is 1.63 bits per heavy atom. The molecule has 0 aliphatic carbocycles. The van der Waals surface area contributed by atoms with Gasteiger partial charge in [-0.1, -0.05) is 41.9 Å². The van der Waals surface area contributed by atoms with Crippen molar-refractivity contribution in [3.05, 3.63) is 89.2 Å². The van der Waals surface area contributed by atoms with Crippen LogP contribution in [0.15, 0.2) is 72.8 Å². The molecule has 0 aliphatic rings. The molecule has 1 aromatic heterocycles. The zero-order valence-electron chi connectivity index (χ0n) is 16.8. The predicted octanol–water partition coefficient (Wildman–Crippen LogP) is 6.34. The van der Waals surface area contributed by atoms with E-state index in [0.29, 0.717) is 11.6 Å². The summed E-state index contributed by atoms with van der Waals surface area (Å²) in [6.07, 6.45) is 5.00. The van der Waals surface area contributed by atoms with Crippen LogP contribution in [0.4, 0.5) is 0 Å². The highest BCUT2D eigenvalue weighted by atomic mass is 35.5. The van der Waals surface area contributed by atoms with Crippen LogP contribution in [-0.2, 0) is 6.54 Å². The lowest BCUT2D eigenvalue weighted by Crippen LogP contribution is -2.06. The number of halogens is 1. The maximum atomic E-state index is 5.92. The number of hydrogen-bond donors (Lipinski definition) is 0. The van der Waals surface area contributed by atoms with Crippen molar-refractivity contribution in [2.45, 2.75) is 13.0 Å². The van der Waals surface area contributed by atoms with E-state index >= 15 is 0 Å². The van der Waals surface area contributed by atoms with Crippen molar-refractivity contribution in [3.8, 4) is 11.5 Å². The van der Waals surface area contributed by atoms with E-state index in [-0.39, 0.29) is 0 Å². The molecular formula is C25H23ClN2O2. The maximum absolute atomic E-state index is 5.92. The number of aromatic nitrogens is 2. The molecule has 1 heterocycles. The first kappa shape index (κ1) is 20.0. The number of imidazole rings is 1. The van der Waals surface area contributed by atoms with Crippen molar-refractivity contribution in [3.63, 3.8) is 0 Å². The third-order valence-electron chi connectivity index (χ3n) is 4.83. The van der Waals surface area contributed by atoms with E-state index in [1.54, 1.807) is 7.11 Å². The van der Waals surface area contributed by atoms with Crippen LogP contribution in [0.1, 0.15) is 17.8 Å². The summed E-state index contributed by atoms with van der Waals surface area (Å²) in [4.78, 5) is 4.80. The second-order valence-electron chi connectivity index (χ2n) is 6.87. The Morgan fingerprint density at radius 1 is 0.900 bits per heavy atom. The van der Waals surface area contributed by atoms with Crippen molar-refractivity contribution in [1.29, 1.82) is 0 Å². The lowest BCUT2D eigenvalue weighted by atomic mass is 10.2. The quantitative estimate of drug-likeness (QED) is 0.313. The summed E-state index contributed by atoms with van der Waals surface area (Å²) in [6.45, 7) is 1.44. The van der Waals surface area contributed by atoms with Gasteiger partial charge in [-0.25, -0.2) is 4.98 Å². The van der Waals surface area contributed by atoms with Crippen LogP contribution in [0.25, 0.3) is 23.2 Å². The van der Waals surface area contributed by atoms with Gasteiger partial charge in [0.25, 0.3) is 0 Å². The second kappa shape index (κ2) is 9.51. The predicted molar refractivity (Wildman–Crippen MR) is 123 cm³/mol. The highest BCUT2D eigenvalue weighted by Crippen LogP contribution is 2.20. The summed E-state index contributed by atoms with van der Waals surface area (Å²) < 4.78 is 13.3. The number of ether oxygens (including phenoxy) is 2. The van der Waals surface area contributed by atoms with Gasteiger partial charge in [0.1, 0.15) is 17.3 Å². The molecule has 4 rings (SSSR count). The fourth-order valence-corrected chi connectivity index (χ4v) is 3.41. The molecule has 0 saturated heterocycles. The summed E-state index contributed by atoms with van der Waals surface area (Å²) in [7, 11) is 1.67. The number of aryl methyl sites for hydroxylation is 1. The molecule has 4 aromatic rings. The van der Waals surface area contributed by atoms with Crippen molar-refractivity contribution in [2.75, 3.05) is 13.7 Å². The minimum Gasteiger partial charge on any atom is -0.497 e. The SMILES string of the molecule is COc1ccc(/C=C/c2nc3ccccc3n2CCCOc2ccc(Cl)cc2)cc1. The minimum atomic E-state index is 0.621. The zero-order chi connectivity index (χ0) is 20.8. The van der Waals surface area contributed by atoms with Crippen molar-refractivity contribution in [1.82, 2.24) is 9.55 Å². The average molecular weight is 419 g/mol. The normalized spacial score (nSPS) is 11.3. The molecule has 0 N–H and O–H groups in total. The highest BCUT2D eigenvalue weighted by molar-refractivity contribution is 6.30. The molecule has 0 fully saturated rings. The molecule has 30 heavy (non-hydrogen) atoms. The standard InChI is InChI=1S/C25H23ClN2O2/c1-29-21-12-7-19(8-13-21)9-16-25-27-23-5-2-3-6-24(23)28(25)17-4-18-30-22-14-10-20(26)11-15-22/h2-3,5-16H,4,17-18H2,1H3/b16-9+. The molecule has 0 spiro atoms. The largest absolute Gasteiger partial charge is 0.497 e. The van der Waals surface area contributed by atoms with E-state index in [1.807, 2.05) is 66.7 Å². The first-order valence-electron chi connectivity index (χ1n) is 9.89. The van der Waals surface area contributed by atoms with Crippen LogP contribution in [-0.4, -0.2) is 23.3 Å². The van der Waals surface area contributed by atoms with Crippen molar-refractivity contribution >= 4 is 34.8 Å². The number of methoxy groups -OCH3 is 1. The van der Waals surface area contributed by atoms with Gasteiger partial charge in [-0.05, 0) is 66.6 Å². The maximum Gasteiger partial charge on any atom is 0.133 e. The van der Waals surface area contributed by atoms with Crippen LogP contribution in [0.3, 0.4) is 0 Å². The Morgan fingerprint density at radius 3 is 2.40 bits per heavy atom. The number of rotatable bonds is 8. The van der Waals surface area contributed by atoms with Crippen molar-refractivity contribution in [2.24, 2.45) is 0 Å². The molecule has 0 bridgehead atoms. The molecule has 0 atom stereocenters. The van der Waals surface area contributed by atoms with Gasteiger partial charge in [-0.15, -0.1) is 0 Å². The fraction of sp³-hybridized carbons (Fsp3) is 0.160. The molecule has 0 saturated carbocycles. The third-order valence-corrected chi connectivity index (χ3v) is 5.09. The Kier molecular flexibility index (Phi) is 6.35. The molecule has 3 aromatic carbocycles. The Bertz CT molecular complexity index is 1130. The number of benzene rings is 3. The van der Waals surface area contributed by atoms with Gasteiger partial charge in [-0.2, -0.15) is 0 Å². The van der Waals surface area contributed by atoms with Crippen molar-refractivity contribution < 1.29 is 9.47 Å². The van der Waals surface area contributed by atoms with E-state index in [9.17, 15) is 0 Å². The lowest BCUT2D eigenvalue weighted by Gasteiger charge is -2.09. The van der Waals surface area contributed by atoms with Gasteiger partial charge in [0.15, 0.2) is 0 Å².